The second-order valence-electron chi connectivity index (χ2n) is 7.94. The summed E-state index contributed by atoms with van der Waals surface area (Å²) in [5.41, 5.74) is 0. The number of carbonyl (C=O) groups excluding carboxylic acids is 2. The predicted octanol–water partition coefficient (Wildman–Crippen LogP) is 7.55. The SMILES string of the molecule is CCCCCCCCCC(=O)OCCCCCCCCCCCCCC=O. The Balaban J connectivity index is 3.12. The molecule has 3 heteroatoms. The molecule has 0 aliphatic heterocycles. The van der Waals surface area contributed by atoms with Gasteiger partial charge in [0.15, 0.2) is 0 Å². The van der Waals surface area contributed by atoms with Gasteiger partial charge in [-0.1, -0.05) is 103 Å². The normalized spacial score (nSPS) is 10.9. The smallest absolute Gasteiger partial charge is 0.305 e. The average Bonchev–Trinajstić information content (AvgIpc) is 2.67. The first kappa shape index (κ1) is 26.1. The van der Waals surface area contributed by atoms with E-state index in [1.807, 2.05) is 0 Å². The molecule has 0 amide bonds. The van der Waals surface area contributed by atoms with E-state index in [4.69, 9.17) is 4.74 Å². The predicted molar refractivity (Wildman–Crippen MR) is 115 cm³/mol. The minimum atomic E-state index is -0.00306. The Hall–Kier alpha value is -0.860. The highest BCUT2D eigenvalue weighted by Gasteiger charge is 2.02. The second kappa shape index (κ2) is 23.2. The summed E-state index contributed by atoms with van der Waals surface area (Å²) in [6.07, 6.45) is 24.6. The third kappa shape index (κ3) is 23.1. The Morgan fingerprint density at radius 1 is 0.630 bits per heavy atom. The van der Waals surface area contributed by atoms with Crippen LogP contribution in [0.5, 0.6) is 0 Å². The maximum Gasteiger partial charge on any atom is 0.305 e. The highest BCUT2D eigenvalue weighted by Crippen LogP contribution is 2.12. The lowest BCUT2D eigenvalue weighted by molar-refractivity contribution is -0.143. The average molecular weight is 383 g/mol. The molecule has 0 rings (SSSR count). The first-order chi connectivity index (χ1) is 13.3. The zero-order valence-corrected chi connectivity index (χ0v) is 18.2. The number of hydrogen-bond donors (Lipinski definition) is 0. The van der Waals surface area contributed by atoms with Gasteiger partial charge >= 0.3 is 5.97 Å². The third-order valence-electron chi connectivity index (χ3n) is 5.21. The summed E-state index contributed by atoms with van der Waals surface area (Å²) in [5.74, 6) is -0.00306. The summed E-state index contributed by atoms with van der Waals surface area (Å²) >= 11 is 0. The molecule has 0 spiro atoms. The van der Waals surface area contributed by atoms with Crippen LogP contribution in [0.3, 0.4) is 0 Å². The summed E-state index contributed by atoms with van der Waals surface area (Å²) in [5, 5.41) is 0. The fourth-order valence-electron chi connectivity index (χ4n) is 3.41. The topological polar surface area (TPSA) is 43.4 Å². The molecule has 0 aliphatic carbocycles. The zero-order chi connectivity index (χ0) is 19.8. The summed E-state index contributed by atoms with van der Waals surface area (Å²) < 4.78 is 5.33. The Bertz CT molecular complexity index is 315. The van der Waals surface area contributed by atoms with E-state index in [1.54, 1.807) is 0 Å². The summed E-state index contributed by atoms with van der Waals surface area (Å²) in [4.78, 5) is 21.9. The van der Waals surface area contributed by atoms with Crippen molar-refractivity contribution in [3.05, 3.63) is 0 Å². The number of ether oxygens (including phenoxy) is 1. The van der Waals surface area contributed by atoms with Gasteiger partial charge < -0.3 is 9.53 Å². The van der Waals surface area contributed by atoms with Gasteiger partial charge in [0, 0.05) is 12.8 Å². The highest BCUT2D eigenvalue weighted by molar-refractivity contribution is 5.69. The van der Waals surface area contributed by atoms with Crippen LogP contribution in [0.2, 0.25) is 0 Å². The number of unbranched alkanes of at least 4 members (excludes halogenated alkanes) is 17. The summed E-state index contributed by atoms with van der Waals surface area (Å²) in [6.45, 7) is 2.84. The van der Waals surface area contributed by atoms with Crippen LogP contribution >= 0.6 is 0 Å². The molecular weight excluding hydrogens is 336 g/mol. The molecule has 0 radical (unpaired) electrons. The highest BCUT2D eigenvalue weighted by atomic mass is 16.5. The Labute approximate surface area is 169 Å². The molecule has 0 atom stereocenters. The molecule has 160 valence electrons. The van der Waals surface area contributed by atoms with Crippen LogP contribution in [0.25, 0.3) is 0 Å². The van der Waals surface area contributed by atoms with E-state index in [0.29, 0.717) is 13.0 Å². The van der Waals surface area contributed by atoms with Gasteiger partial charge in [-0.2, -0.15) is 0 Å². The van der Waals surface area contributed by atoms with E-state index in [2.05, 4.69) is 6.92 Å². The van der Waals surface area contributed by atoms with Crippen molar-refractivity contribution in [3.8, 4) is 0 Å². The minimum absolute atomic E-state index is 0.00306. The molecule has 0 fully saturated rings. The van der Waals surface area contributed by atoms with Gasteiger partial charge in [-0.05, 0) is 19.3 Å². The fourth-order valence-corrected chi connectivity index (χ4v) is 3.41. The van der Waals surface area contributed by atoms with Crippen molar-refractivity contribution >= 4 is 12.3 Å². The first-order valence-electron chi connectivity index (χ1n) is 11.9. The lowest BCUT2D eigenvalue weighted by Crippen LogP contribution is -2.05. The van der Waals surface area contributed by atoms with Crippen molar-refractivity contribution in [1.29, 1.82) is 0 Å². The van der Waals surface area contributed by atoms with Crippen molar-refractivity contribution in [3.63, 3.8) is 0 Å². The van der Waals surface area contributed by atoms with E-state index < -0.39 is 0 Å². The molecule has 0 saturated heterocycles. The van der Waals surface area contributed by atoms with Gasteiger partial charge in [-0.15, -0.1) is 0 Å². The maximum atomic E-state index is 11.7. The van der Waals surface area contributed by atoms with E-state index in [-0.39, 0.29) is 5.97 Å². The fraction of sp³-hybridized carbons (Fsp3) is 0.917. The molecule has 0 aromatic heterocycles. The van der Waals surface area contributed by atoms with Crippen LogP contribution in [0.15, 0.2) is 0 Å². The molecule has 0 heterocycles. The van der Waals surface area contributed by atoms with Gasteiger partial charge in [0.25, 0.3) is 0 Å². The molecular formula is C24H46O3. The molecule has 0 saturated carbocycles. The van der Waals surface area contributed by atoms with Crippen LogP contribution in [0, 0.1) is 0 Å². The largest absolute Gasteiger partial charge is 0.466 e. The minimum Gasteiger partial charge on any atom is -0.466 e. The van der Waals surface area contributed by atoms with Gasteiger partial charge in [0.1, 0.15) is 6.29 Å². The molecule has 3 nitrogen and oxygen atoms in total. The standard InChI is InChI=1S/C24H46O3/c1-2-3-4-5-12-15-18-21-24(26)27-23-20-17-14-11-9-7-6-8-10-13-16-19-22-25/h22H,2-21,23H2,1H3. The molecule has 27 heavy (non-hydrogen) atoms. The maximum absolute atomic E-state index is 11.7. The number of rotatable bonds is 22. The summed E-state index contributed by atoms with van der Waals surface area (Å²) in [7, 11) is 0. The molecule has 0 aliphatic rings. The zero-order valence-electron chi connectivity index (χ0n) is 18.2. The van der Waals surface area contributed by atoms with E-state index in [9.17, 15) is 9.59 Å². The van der Waals surface area contributed by atoms with E-state index in [0.717, 1.165) is 38.4 Å². The number of hydrogen-bond acceptors (Lipinski definition) is 3. The van der Waals surface area contributed by atoms with Crippen molar-refractivity contribution in [2.45, 2.75) is 135 Å². The number of carbonyl (C=O) groups is 2. The number of aldehydes is 1. The molecule has 0 N–H and O–H groups in total. The van der Waals surface area contributed by atoms with Crippen molar-refractivity contribution < 1.29 is 14.3 Å². The molecule has 0 aromatic carbocycles. The van der Waals surface area contributed by atoms with Gasteiger partial charge in [0.05, 0.1) is 6.61 Å². The van der Waals surface area contributed by atoms with Crippen molar-refractivity contribution in [2.24, 2.45) is 0 Å². The Morgan fingerprint density at radius 3 is 1.59 bits per heavy atom. The lowest BCUT2D eigenvalue weighted by atomic mass is 10.1. The monoisotopic (exact) mass is 382 g/mol. The summed E-state index contributed by atoms with van der Waals surface area (Å²) in [6, 6.07) is 0. The van der Waals surface area contributed by atoms with Crippen LogP contribution < -0.4 is 0 Å². The Kier molecular flexibility index (Phi) is 22.4. The molecule has 0 bridgehead atoms. The quantitative estimate of drug-likeness (QED) is 0.110. The van der Waals surface area contributed by atoms with Crippen LogP contribution in [-0.2, 0) is 14.3 Å². The van der Waals surface area contributed by atoms with Gasteiger partial charge in [0.2, 0.25) is 0 Å². The van der Waals surface area contributed by atoms with Crippen LogP contribution in [0.4, 0.5) is 0 Å². The number of esters is 1. The molecule has 0 aromatic rings. The van der Waals surface area contributed by atoms with Gasteiger partial charge in [-0.3, -0.25) is 4.79 Å². The first-order valence-corrected chi connectivity index (χ1v) is 11.9. The van der Waals surface area contributed by atoms with Gasteiger partial charge in [-0.25, -0.2) is 0 Å². The molecule has 0 unspecified atom stereocenters. The second-order valence-corrected chi connectivity index (χ2v) is 7.94. The van der Waals surface area contributed by atoms with Crippen molar-refractivity contribution in [2.75, 3.05) is 6.61 Å². The van der Waals surface area contributed by atoms with E-state index >= 15 is 0 Å². The lowest BCUT2D eigenvalue weighted by Gasteiger charge is -2.05. The van der Waals surface area contributed by atoms with E-state index in [1.165, 1.54) is 89.9 Å². The van der Waals surface area contributed by atoms with Crippen LogP contribution in [-0.4, -0.2) is 18.9 Å². The van der Waals surface area contributed by atoms with Crippen LogP contribution in [0.1, 0.15) is 135 Å². The van der Waals surface area contributed by atoms with Crippen molar-refractivity contribution in [1.82, 2.24) is 0 Å². The third-order valence-corrected chi connectivity index (χ3v) is 5.21. The Morgan fingerprint density at radius 2 is 1.07 bits per heavy atom.